The Morgan fingerprint density at radius 3 is 2.62 bits per heavy atom. The van der Waals surface area contributed by atoms with Crippen molar-refractivity contribution in [1.82, 2.24) is 5.32 Å². The lowest BCUT2D eigenvalue weighted by molar-refractivity contribution is 0.0910. The fourth-order valence-corrected chi connectivity index (χ4v) is 3.70. The van der Waals surface area contributed by atoms with E-state index in [-0.39, 0.29) is 11.9 Å². The molecule has 0 fully saturated rings. The van der Waals surface area contributed by atoms with E-state index in [4.69, 9.17) is 13.9 Å². The van der Waals surface area contributed by atoms with Gasteiger partial charge >= 0.3 is 0 Å². The molecule has 5 heteroatoms. The molecule has 0 aliphatic heterocycles. The monoisotopic (exact) mass is 351 g/mol. The number of ether oxygens (including phenoxy) is 2. The number of amides is 1. The van der Waals surface area contributed by atoms with Crippen molar-refractivity contribution in [1.29, 1.82) is 0 Å². The predicted molar refractivity (Wildman–Crippen MR) is 99.0 cm³/mol. The summed E-state index contributed by atoms with van der Waals surface area (Å²) in [5, 5.41) is 4.08. The molecule has 0 saturated carbocycles. The fraction of sp³-hybridized carbons (Fsp3) is 0.286. The number of hydrogen-bond donors (Lipinski definition) is 1. The molecule has 0 bridgehead atoms. The van der Waals surface area contributed by atoms with Crippen molar-refractivity contribution in [2.75, 3.05) is 14.2 Å². The maximum atomic E-state index is 12.8. The van der Waals surface area contributed by atoms with Gasteiger partial charge in [-0.3, -0.25) is 4.79 Å². The van der Waals surface area contributed by atoms with Crippen LogP contribution in [0.1, 0.15) is 39.7 Å². The number of aryl methyl sites for hydroxylation is 2. The van der Waals surface area contributed by atoms with Crippen molar-refractivity contribution >= 4 is 16.9 Å². The molecule has 1 aliphatic rings. The first kappa shape index (κ1) is 16.5. The number of rotatable bonds is 4. The smallest absolute Gasteiger partial charge is 0.287 e. The molecule has 5 nitrogen and oxygen atoms in total. The average molecular weight is 351 g/mol. The summed E-state index contributed by atoms with van der Waals surface area (Å²) >= 11 is 0. The van der Waals surface area contributed by atoms with Crippen LogP contribution in [0.3, 0.4) is 0 Å². The highest BCUT2D eigenvalue weighted by atomic mass is 16.5. The molecule has 0 radical (unpaired) electrons. The van der Waals surface area contributed by atoms with Gasteiger partial charge in [0.1, 0.15) is 5.58 Å². The van der Waals surface area contributed by atoms with E-state index in [0.29, 0.717) is 17.3 Å². The standard InChI is InChI=1S/C21H21NO4/c1-12-14-6-4-5-7-17(14)26-20(12)21(23)22-16-9-8-13-10-18(24-2)19(25-3)11-15(13)16/h4-7,10-11,16H,8-9H2,1-3H3,(H,22,23). The van der Waals surface area contributed by atoms with Crippen molar-refractivity contribution in [3.63, 3.8) is 0 Å². The van der Waals surface area contributed by atoms with Crippen molar-refractivity contribution in [2.45, 2.75) is 25.8 Å². The lowest BCUT2D eigenvalue weighted by Crippen LogP contribution is -2.27. The summed E-state index contributed by atoms with van der Waals surface area (Å²) in [5.74, 6) is 1.57. The molecule has 26 heavy (non-hydrogen) atoms. The van der Waals surface area contributed by atoms with Gasteiger partial charge in [-0.15, -0.1) is 0 Å². The van der Waals surface area contributed by atoms with Crippen molar-refractivity contribution in [3.8, 4) is 11.5 Å². The largest absolute Gasteiger partial charge is 0.493 e. The van der Waals surface area contributed by atoms with Crippen molar-refractivity contribution in [2.24, 2.45) is 0 Å². The Bertz CT molecular complexity index is 989. The van der Waals surface area contributed by atoms with E-state index in [1.807, 2.05) is 43.3 Å². The first-order valence-electron chi connectivity index (χ1n) is 8.66. The maximum absolute atomic E-state index is 12.8. The zero-order chi connectivity index (χ0) is 18.3. The molecular weight excluding hydrogens is 330 g/mol. The molecule has 0 spiro atoms. The summed E-state index contributed by atoms with van der Waals surface area (Å²) in [6.07, 6.45) is 1.73. The fourth-order valence-electron chi connectivity index (χ4n) is 3.70. The Balaban J connectivity index is 1.63. The molecule has 4 rings (SSSR count). The molecule has 1 amide bonds. The Hall–Kier alpha value is -2.95. The molecule has 0 saturated heterocycles. The molecule has 1 heterocycles. The van der Waals surface area contributed by atoms with Gasteiger partial charge in [0.15, 0.2) is 17.3 Å². The summed E-state index contributed by atoms with van der Waals surface area (Å²) in [5.41, 5.74) is 3.84. The van der Waals surface area contributed by atoms with Gasteiger partial charge in [0.25, 0.3) is 5.91 Å². The van der Waals surface area contributed by atoms with Crippen LogP contribution in [0.25, 0.3) is 11.0 Å². The van der Waals surface area contributed by atoms with Crippen LogP contribution in [0, 0.1) is 6.92 Å². The molecule has 1 atom stereocenters. The molecular formula is C21H21NO4. The number of benzene rings is 2. The second kappa shape index (κ2) is 6.41. The van der Waals surface area contributed by atoms with Gasteiger partial charge in [-0.2, -0.15) is 0 Å². The highest BCUT2D eigenvalue weighted by Crippen LogP contribution is 2.39. The number of furan rings is 1. The highest BCUT2D eigenvalue weighted by molar-refractivity contribution is 5.99. The van der Waals surface area contributed by atoms with Crippen LogP contribution in [0.4, 0.5) is 0 Å². The molecule has 1 unspecified atom stereocenters. The molecule has 1 aliphatic carbocycles. The van der Waals surface area contributed by atoms with Crippen LogP contribution in [-0.4, -0.2) is 20.1 Å². The lowest BCUT2D eigenvalue weighted by Gasteiger charge is -2.16. The van der Waals surface area contributed by atoms with E-state index >= 15 is 0 Å². The summed E-state index contributed by atoms with van der Waals surface area (Å²) in [6.45, 7) is 1.91. The number of carbonyl (C=O) groups is 1. The van der Waals surface area contributed by atoms with Crippen LogP contribution < -0.4 is 14.8 Å². The van der Waals surface area contributed by atoms with Gasteiger partial charge in [0, 0.05) is 10.9 Å². The van der Waals surface area contributed by atoms with Crippen LogP contribution in [0.5, 0.6) is 11.5 Å². The number of carbonyl (C=O) groups excluding carboxylic acids is 1. The van der Waals surface area contributed by atoms with Gasteiger partial charge in [-0.05, 0) is 49.1 Å². The van der Waals surface area contributed by atoms with E-state index in [1.54, 1.807) is 14.2 Å². The Morgan fingerprint density at radius 1 is 1.15 bits per heavy atom. The maximum Gasteiger partial charge on any atom is 0.287 e. The van der Waals surface area contributed by atoms with Crippen molar-refractivity contribution in [3.05, 3.63) is 58.8 Å². The van der Waals surface area contributed by atoms with E-state index in [9.17, 15) is 4.79 Å². The molecule has 1 N–H and O–H groups in total. The van der Waals surface area contributed by atoms with E-state index in [2.05, 4.69) is 5.32 Å². The normalized spacial score (nSPS) is 15.7. The molecule has 2 aromatic carbocycles. The first-order valence-corrected chi connectivity index (χ1v) is 8.66. The zero-order valence-electron chi connectivity index (χ0n) is 15.1. The summed E-state index contributed by atoms with van der Waals surface area (Å²) in [7, 11) is 3.24. The van der Waals surface area contributed by atoms with Crippen LogP contribution in [0.2, 0.25) is 0 Å². The van der Waals surface area contributed by atoms with E-state index in [0.717, 1.165) is 34.9 Å². The van der Waals surface area contributed by atoms with Crippen LogP contribution in [-0.2, 0) is 6.42 Å². The van der Waals surface area contributed by atoms with Crippen LogP contribution >= 0.6 is 0 Å². The Kier molecular flexibility index (Phi) is 4.07. The van der Waals surface area contributed by atoms with Gasteiger partial charge in [-0.1, -0.05) is 18.2 Å². The minimum Gasteiger partial charge on any atom is -0.493 e. The SMILES string of the molecule is COc1cc2c(cc1OC)C(NC(=O)c1oc3ccccc3c1C)CC2. The van der Waals surface area contributed by atoms with Gasteiger partial charge in [0.2, 0.25) is 0 Å². The third-order valence-corrected chi connectivity index (χ3v) is 5.08. The van der Waals surface area contributed by atoms with E-state index in [1.165, 1.54) is 5.56 Å². The minimum absolute atomic E-state index is 0.0649. The Morgan fingerprint density at radius 2 is 1.88 bits per heavy atom. The number of methoxy groups -OCH3 is 2. The summed E-state index contributed by atoms with van der Waals surface area (Å²) in [6, 6.07) is 11.6. The van der Waals surface area contributed by atoms with E-state index < -0.39 is 0 Å². The molecule has 134 valence electrons. The first-order chi connectivity index (χ1) is 12.6. The van der Waals surface area contributed by atoms with Gasteiger partial charge < -0.3 is 19.2 Å². The second-order valence-corrected chi connectivity index (χ2v) is 6.52. The van der Waals surface area contributed by atoms with Crippen molar-refractivity contribution < 1.29 is 18.7 Å². The molecule has 3 aromatic rings. The quantitative estimate of drug-likeness (QED) is 0.766. The lowest BCUT2D eigenvalue weighted by atomic mass is 10.1. The number of para-hydroxylation sites is 1. The number of nitrogens with one attached hydrogen (secondary N) is 1. The average Bonchev–Trinajstić information content (AvgIpc) is 3.21. The van der Waals surface area contributed by atoms with Gasteiger partial charge in [-0.25, -0.2) is 0 Å². The third kappa shape index (κ3) is 2.60. The Labute approximate surface area is 151 Å². The zero-order valence-corrected chi connectivity index (χ0v) is 15.1. The second-order valence-electron chi connectivity index (χ2n) is 6.52. The summed E-state index contributed by atoms with van der Waals surface area (Å²) in [4.78, 5) is 12.8. The number of hydrogen-bond acceptors (Lipinski definition) is 4. The topological polar surface area (TPSA) is 60.7 Å². The third-order valence-electron chi connectivity index (χ3n) is 5.08. The molecule has 1 aromatic heterocycles. The predicted octanol–water partition coefficient (Wildman–Crippen LogP) is 4.18. The summed E-state index contributed by atoms with van der Waals surface area (Å²) < 4.78 is 16.6. The van der Waals surface area contributed by atoms with Crippen LogP contribution in [0.15, 0.2) is 40.8 Å². The number of fused-ring (bicyclic) bond motifs is 2. The minimum atomic E-state index is -0.189. The highest BCUT2D eigenvalue weighted by Gasteiger charge is 2.28. The van der Waals surface area contributed by atoms with Gasteiger partial charge in [0.05, 0.1) is 20.3 Å².